The number of rotatable bonds is 5. The highest BCUT2D eigenvalue weighted by Crippen LogP contribution is 2.30. The zero-order valence-corrected chi connectivity index (χ0v) is 14.0. The summed E-state index contributed by atoms with van der Waals surface area (Å²) in [7, 11) is 0. The van der Waals surface area contributed by atoms with E-state index >= 15 is 0 Å². The van der Waals surface area contributed by atoms with Gasteiger partial charge in [0.15, 0.2) is 0 Å². The number of hydrogen-bond donors (Lipinski definition) is 2. The molecule has 0 fully saturated rings. The number of amides is 1. The van der Waals surface area contributed by atoms with Crippen molar-refractivity contribution in [2.45, 2.75) is 12.6 Å². The molecule has 0 spiro atoms. The van der Waals surface area contributed by atoms with Gasteiger partial charge in [0.25, 0.3) is 5.91 Å². The van der Waals surface area contributed by atoms with E-state index in [9.17, 15) is 18.7 Å². The number of carbonyl (C=O) groups excluding carboxylic acids is 1. The molecule has 2 heterocycles. The number of aliphatic hydroxyl groups excluding tert-OH is 1. The van der Waals surface area contributed by atoms with Gasteiger partial charge >= 0.3 is 0 Å². The maximum Gasteiger partial charge on any atom is 0.257 e. The third-order valence-electron chi connectivity index (χ3n) is 3.38. The van der Waals surface area contributed by atoms with Crippen molar-refractivity contribution in [1.82, 2.24) is 5.32 Å². The highest BCUT2D eigenvalue weighted by molar-refractivity contribution is 7.12. The van der Waals surface area contributed by atoms with E-state index in [1.165, 1.54) is 28.7 Å². The second-order valence-electron chi connectivity index (χ2n) is 5.00. The van der Waals surface area contributed by atoms with E-state index < -0.39 is 29.2 Å². The molecule has 0 saturated heterocycles. The molecule has 1 amide bonds. The fraction of sp³-hybridized carbons (Fsp3) is 0.118. The van der Waals surface area contributed by atoms with E-state index in [2.05, 4.69) is 5.32 Å². The van der Waals surface area contributed by atoms with Gasteiger partial charge in [-0.25, -0.2) is 8.78 Å². The zero-order chi connectivity index (χ0) is 17.1. The van der Waals surface area contributed by atoms with Crippen LogP contribution in [0.15, 0.2) is 47.8 Å². The second-order valence-corrected chi connectivity index (χ2v) is 7.18. The maximum absolute atomic E-state index is 13.6. The van der Waals surface area contributed by atoms with Crippen LogP contribution in [-0.4, -0.2) is 11.0 Å². The average molecular weight is 365 g/mol. The van der Waals surface area contributed by atoms with Crippen LogP contribution in [0.3, 0.4) is 0 Å². The van der Waals surface area contributed by atoms with Gasteiger partial charge in [-0.1, -0.05) is 12.1 Å². The van der Waals surface area contributed by atoms with E-state index in [1.54, 1.807) is 12.1 Å². The molecule has 124 valence electrons. The summed E-state index contributed by atoms with van der Waals surface area (Å²) in [5.41, 5.74) is -0.590. The van der Waals surface area contributed by atoms with Gasteiger partial charge in [-0.15, -0.1) is 22.7 Å². The van der Waals surface area contributed by atoms with Gasteiger partial charge in [-0.05, 0) is 35.7 Å². The van der Waals surface area contributed by atoms with Crippen LogP contribution in [0, 0.1) is 11.6 Å². The molecule has 1 unspecified atom stereocenters. The van der Waals surface area contributed by atoms with Crippen LogP contribution in [0.1, 0.15) is 31.1 Å². The first-order valence-electron chi connectivity index (χ1n) is 7.08. The Hall–Kier alpha value is -2.09. The normalized spacial score (nSPS) is 12.1. The van der Waals surface area contributed by atoms with Crippen molar-refractivity contribution in [2.75, 3.05) is 0 Å². The van der Waals surface area contributed by atoms with Crippen LogP contribution in [0.2, 0.25) is 0 Å². The molecular weight excluding hydrogens is 352 g/mol. The van der Waals surface area contributed by atoms with Crippen molar-refractivity contribution in [3.63, 3.8) is 0 Å². The lowest BCUT2D eigenvalue weighted by molar-refractivity contribution is 0.0943. The van der Waals surface area contributed by atoms with Gasteiger partial charge in [0.05, 0.1) is 6.54 Å². The maximum atomic E-state index is 13.6. The fourth-order valence-electron chi connectivity index (χ4n) is 2.19. The summed E-state index contributed by atoms with van der Waals surface area (Å²) in [6.07, 6.45) is -0.705. The minimum absolute atomic E-state index is 0.133. The summed E-state index contributed by atoms with van der Waals surface area (Å²) in [6.45, 7) is 0.133. The number of thiophene rings is 2. The summed E-state index contributed by atoms with van der Waals surface area (Å²) in [6, 6.07) is 10.5. The molecule has 0 bridgehead atoms. The largest absolute Gasteiger partial charge is 0.382 e. The predicted molar refractivity (Wildman–Crippen MR) is 90.2 cm³/mol. The molecule has 24 heavy (non-hydrogen) atoms. The lowest BCUT2D eigenvalue weighted by Gasteiger charge is -2.06. The number of nitrogens with one attached hydrogen (secondary N) is 1. The standard InChI is InChI=1S/C17H13F2NO2S2/c18-11-3-1-4-12(19)15(11)17(22)20-9-10-6-7-14(24-10)16(21)13-5-2-8-23-13/h1-8,16,21H,9H2,(H,20,22). The molecule has 3 nitrogen and oxygen atoms in total. The third kappa shape index (κ3) is 3.53. The Bertz CT molecular complexity index is 826. The van der Waals surface area contributed by atoms with Crippen molar-refractivity contribution in [3.8, 4) is 0 Å². The summed E-state index contributed by atoms with van der Waals surface area (Å²) in [5, 5.41) is 14.6. The highest BCUT2D eigenvalue weighted by atomic mass is 32.1. The van der Waals surface area contributed by atoms with Gasteiger partial charge < -0.3 is 10.4 Å². The van der Waals surface area contributed by atoms with Crippen LogP contribution in [0.25, 0.3) is 0 Å². The minimum atomic E-state index is -0.896. The van der Waals surface area contributed by atoms with Crippen LogP contribution in [-0.2, 0) is 6.54 Å². The molecule has 2 N–H and O–H groups in total. The first kappa shape index (κ1) is 16.8. The molecule has 0 aliphatic rings. The smallest absolute Gasteiger partial charge is 0.257 e. The Morgan fingerprint density at radius 2 is 1.83 bits per heavy atom. The molecule has 3 aromatic rings. The van der Waals surface area contributed by atoms with E-state index in [-0.39, 0.29) is 6.54 Å². The SMILES string of the molecule is O=C(NCc1ccc(C(O)c2cccs2)s1)c1c(F)cccc1F. The summed E-state index contributed by atoms with van der Waals surface area (Å²) >= 11 is 2.80. The highest BCUT2D eigenvalue weighted by Gasteiger charge is 2.18. The minimum Gasteiger partial charge on any atom is -0.382 e. The Morgan fingerprint density at radius 3 is 2.50 bits per heavy atom. The van der Waals surface area contributed by atoms with Crippen molar-refractivity contribution in [3.05, 3.63) is 79.7 Å². The molecule has 0 aliphatic carbocycles. The Labute approximate surface area is 145 Å². The molecular formula is C17H13F2NO2S2. The summed E-state index contributed by atoms with van der Waals surface area (Å²) in [4.78, 5) is 14.3. The second kappa shape index (κ2) is 7.21. The van der Waals surface area contributed by atoms with E-state index in [0.29, 0.717) is 0 Å². The van der Waals surface area contributed by atoms with Crippen molar-refractivity contribution >= 4 is 28.6 Å². The number of hydrogen-bond acceptors (Lipinski definition) is 4. The third-order valence-corrected chi connectivity index (χ3v) is 5.44. The van der Waals surface area contributed by atoms with Crippen LogP contribution in [0.4, 0.5) is 8.78 Å². The van der Waals surface area contributed by atoms with Crippen LogP contribution < -0.4 is 5.32 Å². The van der Waals surface area contributed by atoms with Crippen molar-refractivity contribution in [1.29, 1.82) is 0 Å². The van der Waals surface area contributed by atoms with Crippen molar-refractivity contribution < 1.29 is 18.7 Å². The number of halogens is 2. The van der Waals surface area contributed by atoms with E-state index in [1.807, 2.05) is 17.5 Å². The van der Waals surface area contributed by atoms with Crippen LogP contribution >= 0.6 is 22.7 Å². The van der Waals surface area contributed by atoms with Gasteiger partial charge in [0.1, 0.15) is 23.3 Å². The fourth-order valence-corrected chi connectivity index (χ4v) is 3.95. The Balaban J connectivity index is 1.66. The molecule has 1 atom stereocenters. The van der Waals surface area contributed by atoms with Gasteiger partial charge in [0.2, 0.25) is 0 Å². The number of aliphatic hydroxyl groups is 1. The number of carbonyl (C=O) groups is 1. The molecule has 0 saturated carbocycles. The topological polar surface area (TPSA) is 49.3 Å². The first-order valence-corrected chi connectivity index (χ1v) is 8.78. The Kier molecular flexibility index (Phi) is 5.03. The van der Waals surface area contributed by atoms with Crippen molar-refractivity contribution in [2.24, 2.45) is 0 Å². The Morgan fingerprint density at radius 1 is 1.08 bits per heavy atom. The zero-order valence-electron chi connectivity index (χ0n) is 12.3. The molecule has 2 aromatic heterocycles. The summed E-state index contributed by atoms with van der Waals surface area (Å²) in [5.74, 6) is -2.60. The van der Waals surface area contributed by atoms with Gasteiger partial charge in [-0.2, -0.15) is 0 Å². The quantitative estimate of drug-likeness (QED) is 0.715. The van der Waals surface area contributed by atoms with E-state index in [4.69, 9.17) is 0 Å². The van der Waals surface area contributed by atoms with Gasteiger partial charge in [0, 0.05) is 14.6 Å². The first-order chi connectivity index (χ1) is 11.6. The molecule has 1 aromatic carbocycles. The monoisotopic (exact) mass is 365 g/mol. The summed E-state index contributed by atoms with van der Waals surface area (Å²) < 4.78 is 27.1. The number of benzene rings is 1. The average Bonchev–Trinajstić information content (AvgIpc) is 3.24. The predicted octanol–water partition coefficient (Wildman–Crippen LogP) is 4.10. The van der Waals surface area contributed by atoms with E-state index in [0.717, 1.165) is 26.8 Å². The van der Waals surface area contributed by atoms with Gasteiger partial charge in [-0.3, -0.25) is 4.79 Å². The molecule has 3 rings (SSSR count). The molecule has 0 aliphatic heterocycles. The molecule has 0 radical (unpaired) electrons. The lowest BCUT2D eigenvalue weighted by atomic mass is 10.2. The van der Waals surface area contributed by atoms with Crippen LogP contribution in [0.5, 0.6) is 0 Å². The molecule has 7 heteroatoms. The lowest BCUT2D eigenvalue weighted by Crippen LogP contribution is -2.24.